The van der Waals surface area contributed by atoms with Gasteiger partial charge in [0.15, 0.2) is 0 Å². The van der Waals surface area contributed by atoms with E-state index in [-0.39, 0.29) is 11.5 Å². The van der Waals surface area contributed by atoms with E-state index in [1.807, 2.05) is 13.8 Å². The highest BCUT2D eigenvalue weighted by Crippen LogP contribution is 2.49. The summed E-state index contributed by atoms with van der Waals surface area (Å²) in [6.07, 6.45) is 3.04. The molecule has 0 aliphatic heterocycles. The number of allylic oxidation sites excluding steroid dienone is 2. The first-order valence-corrected chi connectivity index (χ1v) is 8.23. The third-order valence-corrected chi connectivity index (χ3v) is 5.72. The van der Waals surface area contributed by atoms with Gasteiger partial charge in [-0.25, -0.2) is 4.39 Å². The lowest BCUT2D eigenvalue weighted by Crippen LogP contribution is -2.32. The summed E-state index contributed by atoms with van der Waals surface area (Å²) >= 11 is 3.32. The molecule has 22 heavy (non-hydrogen) atoms. The molecule has 0 fully saturated rings. The van der Waals surface area contributed by atoms with Gasteiger partial charge in [0.2, 0.25) is 5.91 Å². The first kappa shape index (κ1) is 15.7. The summed E-state index contributed by atoms with van der Waals surface area (Å²) in [6, 6.07) is 1.22. The van der Waals surface area contributed by atoms with Gasteiger partial charge < -0.3 is 10.8 Å². The van der Waals surface area contributed by atoms with Crippen molar-refractivity contribution in [2.45, 2.75) is 45.1 Å². The summed E-state index contributed by atoms with van der Waals surface area (Å²) in [5, 5.41) is 10.3. The van der Waals surface area contributed by atoms with Gasteiger partial charge in [0.1, 0.15) is 5.82 Å². The number of amides is 1. The van der Waals surface area contributed by atoms with Gasteiger partial charge in [-0.2, -0.15) is 0 Å². The third kappa shape index (κ3) is 2.40. The zero-order valence-corrected chi connectivity index (χ0v) is 14.3. The summed E-state index contributed by atoms with van der Waals surface area (Å²) in [4.78, 5) is 11.6. The second-order valence-corrected chi connectivity index (χ2v) is 7.58. The zero-order chi connectivity index (χ0) is 16.2. The quantitative estimate of drug-likeness (QED) is 0.838. The van der Waals surface area contributed by atoms with Gasteiger partial charge in [-0.3, -0.25) is 4.79 Å². The number of hydrogen-bond acceptors (Lipinski definition) is 2. The van der Waals surface area contributed by atoms with Crippen LogP contribution >= 0.6 is 15.9 Å². The molecule has 5 heteroatoms. The molecule has 3 N–H and O–H groups in total. The van der Waals surface area contributed by atoms with Crippen molar-refractivity contribution in [3.63, 3.8) is 0 Å². The first-order valence-electron chi connectivity index (χ1n) is 7.44. The molecule has 0 bridgehead atoms. The lowest BCUT2D eigenvalue weighted by molar-refractivity contribution is 0.0123. The fraction of sp³-hybridized carbons (Fsp3) is 0.471. The Bertz CT molecular complexity index is 704. The van der Waals surface area contributed by atoms with Gasteiger partial charge in [-0.1, -0.05) is 5.57 Å². The van der Waals surface area contributed by atoms with Crippen LogP contribution in [0.2, 0.25) is 0 Å². The highest BCUT2D eigenvalue weighted by Gasteiger charge is 2.37. The van der Waals surface area contributed by atoms with Gasteiger partial charge in [0.05, 0.1) is 10.1 Å². The molecule has 118 valence electrons. The maximum Gasteiger partial charge on any atom is 0.249 e. The Morgan fingerprint density at radius 2 is 2.18 bits per heavy atom. The van der Waals surface area contributed by atoms with E-state index in [4.69, 9.17) is 5.73 Å². The minimum atomic E-state index is -0.734. The number of carbonyl (C=O) groups excluding carboxylic acids is 1. The Morgan fingerprint density at radius 1 is 1.50 bits per heavy atom. The normalized spacial score (nSPS) is 20.9. The molecule has 0 saturated heterocycles. The number of rotatable bonds is 2. The Labute approximate surface area is 137 Å². The average molecular weight is 368 g/mol. The van der Waals surface area contributed by atoms with Crippen LogP contribution in [0.5, 0.6) is 0 Å². The molecule has 0 radical (unpaired) electrons. The topological polar surface area (TPSA) is 63.3 Å². The summed E-state index contributed by atoms with van der Waals surface area (Å²) in [7, 11) is 0. The molecular formula is C17H19BrFNO2. The highest BCUT2D eigenvalue weighted by molar-refractivity contribution is 9.10. The van der Waals surface area contributed by atoms with Crippen molar-refractivity contribution in [2.24, 2.45) is 11.7 Å². The van der Waals surface area contributed by atoms with Crippen molar-refractivity contribution in [1.82, 2.24) is 0 Å². The molecule has 0 saturated carbocycles. The number of primary amides is 1. The molecule has 1 atom stereocenters. The van der Waals surface area contributed by atoms with Crippen LogP contribution in [0.1, 0.15) is 54.6 Å². The predicted molar refractivity (Wildman–Crippen MR) is 86.9 cm³/mol. The van der Waals surface area contributed by atoms with Gasteiger partial charge >= 0.3 is 0 Å². The molecule has 0 spiro atoms. The van der Waals surface area contributed by atoms with Crippen molar-refractivity contribution < 1.29 is 14.3 Å². The minimum Gasteiger partial charge on any atom is -0.390 e. The monoisotopic (exact) mass is 367 g/mol. The average Bonchev–Trinajstić information content (AvgIpc) is 2.79. The van der Waals surface area contributed by atoms with Gasteiger partial charge in [-0.15, -0.1) is 0 Å². The van der Waals surface area contributed by atoms with E-state index in [9.17, 15) is 14.3 Å². The summed E-state index contributed by atoms with van der Waals surface area (Å²) in [5.74, 6) is -0.867. The van der Waals surface area contributed by atoms with Crippen molar-refractivity contribution in [3.05, 3.63) is 38.6 Å². The number of benzene rings is 1. The van der Waals surface area contributed by atoms with Gasteiger partial charge in [0.25, 0.3) is 0 Å². The van der Waals surface area contributed by atoms with E-state index in [0.717, 1.165) is 36.0 Å². The second-order valence-electron chi connectivity index (χ2n) is 6.79. The molecular weight excluding hydrogens is 349 g/mol. The van der Waals surface area contributed by atoms with Gasteiger partial charge in [0, 0.05) is 5.56 Å². The van der Waals surface area contributed by atoms with Crippen molar-refractivity contribution in [3.8, 4) is 0 Å². The van der Waals surface area contributed by atoms with Crippen molar-refractivity contribution in [2.75, 3.05) is 0 Å². The number of fused-ring (bicyclic) bond motifs is 2. The SMILES string of the molecule is CC(C)(O)C1CCC2=C(Cc3c(C(N)=O)cc(F)c(Br)c32)C1. The maximum absolute atomic E-state index is 14.1. The molecule has 0 aromatic heterocycles. The molecule has 0 heterocycles. The van der Waals surface area contributed by atoms with E-state index >= 15 is 0 Å². The van der Waals surface area contributed by atoms with Crippen LogP contribution in [-0.4, -0.2) is 16.6 Å². The molecule has 1 aromatic carbocycles. The maximum atomic E-state index is 14.1. The molecule has 1 unspecified atom stereocenters. The van der Waals surface area contributed by atoms with Crippen LogP contribution in [-0.2, 0) is 6.42 Å². The number of carbonyl (C=O) groups is 1. The Balaban J connectivity index is 2.08. The van der Waals surface area contributed by atoms with Crippen molar-refractivity contribution in [1.29, 1.82) is 0 Å². The molecule has 2 aliphatic rings. The molecule has 2 aliphatic carbocycles. The summed E-state index contributed by atoms with van der Waals surface area (Å²) < 4.78 is 14.5. The van der Waals surface area contributed by atoms with E-state index in [1.165, 1.54) is 11.6 Å². The Morgan fingerprint density at radius 3 is 2.77 bits per heavy atom. The van der Waals surface area contributed by atoms with Crippen molar-refractivity contribution >= 4 is 27.4 Å². The number of halogens is 2. The largest absolute Gasteiger partial charge is 0.390 e. The lowest BCUT2D eigenvalue weighted by Gasteiger charge is -2.33. The van der Waals surface area contributed by atoms with Crippen LogP contribution in [0.15, 0.2) is 16.1 Å². The zero-order valence-electron chi connectivity index (χ0n) is 12.7. The lowest BCUT2D eigenvalue weighted by atomic mass is 9.76. The standard InChI is InChI=1S/C17H19BrFNO2/c1-17(2,22)9-3-4-10-8(5-9)6-11-12(16(20)21)7-13(19)15(18)14(10)11/h7,9,22H,3-6H2,1-2H3,(H2,20,21). The number of nitrogens with two attached hydrogens (primary N) is 1. The van der Waals surface area contributed by atoms with E-state index in [1.54, 1.807) is 0 Å². The van der Waals surface area contributed by atoms with E-state index in [2.05, 4.69) is 15.9 Å². The summed E-state index contributed by atoms with van der Waals surface area (Å²) in [5.41, 5.74) is 8.88. The molecule has 1 amide bonds. The van der Waals surface area contributed by atoms with Crippen LogP contribution < -0.4 is 5.73 Å². The Hall–Kier alpha value is -1.20. The molecule has 3 rings (SSSR count). The second kappa shape index (κ2) is 5.17. The Kier molecular flexibility index (Phi) is 3.68. The first-order chi connectivity index (χ1) is 10.2. The summed E-state index contributed by atoms with van der Waals surface area (Å²) in [6.45, 7) is 3.66. The number of hydrogen-bond donors (Lipinski definition) is 2. The fourth-order valence-electron chi connectivity index (χ4n) is 3.70. The minimum absolute atomic E-state index is 0.182. The smallest absolute Gasteiger partial charge is 0.249 e. The van der Waals surface area contributed by atoms with Gasteiger partial charge in [-0.05, 0) is 84.1 Å². The fourth-order valence-corrected chi connectivity index (χ4v) is 4.29. The van der Waals surface area contributed by atoms with E-state index in [0.29, 0.717) is 10.9 Å². The third-order valence-electron chi connectivity index (χ3n) is 4.95. The van der Waals surface area contributed by atoms with E-state index < -0.39 is 17.3 Å². The van der Waals surface area contributed by atoms with Crippen LogP contribution in [0.25, 0.3) is 5.57 Å². The number of aliphatic hydroxyl groups is 1. The van der Waals surface area contributed by atoms with Crippen LogP contribution in [0.3, 0.4) is 0 Å². The van der Waals surface area contributed by atoms with Crippen LogP contribution in [0, 0.1) is 11.7 Å². The highest BCUT2D eigenvalue weighted by atomic mass is 79.9. The molecule has 1 aromatic rings. The van der Waals surface area contributed by atoms with Crippen LogP contribution in [0.4, 0.5) is 4.39 Å². The predicted octanol–water partition coefficient (Wildman–Crippen LogP) is 3.57. The molecule has 3 nitrogen and oxygen atoms in total.